The first-order valence-corrected chi connectivity index (χ1v) is 16.0. The molecule has 3 nitrogen and oxygen atoms in total. The van der Waals surface area contributed by atoms with Gasteiger partial charge >= 0.3 is 0 Å². The summed E-state index contributed by atoms with van der Waals surface area (Å²) in [6, 6.07) is 21.0. The number of nitriles is 1. The number of alkyl halides is 4. The largest absolute Gasteiger partial charge is 0.314 e. The van der Waals surface area contributed by atoms with Gasteiger partial charge in [0.05, 0.1) is 0 Å². The zero-order valence-corrected chi connectivity index (χ0v) is 25.8. The van der Waals surface area contributed by atoms with Crippen LogP contribution in [0.25, 0.3) is 0 Å². The highest BCUT2D eigenvalue weighted by Crippen LogP contribution is 2.44. The van der Waals surface area contributed by atoms with Crippen LogP contribution in [0.3, 0.4) is 0 Å². The molecule has 236 valence electrons. The maximum absolute atomic E-state index is 13.8. The van der Waals surface area contributed by atoms with E-state index in [2.05, 4.69) is 47.9 Å². The van der Waals surface area contributed by atoms with Crippen LogP contribution >= 0.6 is 12.4 Å². The van der Waals surface area contributed by atoms with E-state index in [9.17, 15) is 22.8 Å². The molecule has 0 amide bonds. The molecule has 2 aliphatic carbocycles. The number of hydrogen-bond acceptors (Lipinski definition) is 3. The van der Waals surface area contributed by atoms with E-state index >= 15 is 0 Å². The van der Waals surface area contributed by atoms with E-state index in [1.807, 2.05) is 24.3 Å². The van der Waals surface area contributed by atoms with Crippen molar-refractivity contribution in [3.63, 3.8) is 0 Å². The van der Waals surface area contributed by atoms with Gasteiger partial charge in [0, 0.05) is 44.3 Å². The topological polar surface area (TPSA) is 39.1 Å². The van der Waals surface area contributed by atoms with Crippen LogP contribution in [-0.2, 0) is 0 Å². The lowest BCUT2D eigenvalue weighted by molar-refractivity contribution is -0.0676. The highest BCUT2D eigenvalue weighted by molar-refractivity contribution is 5.85. The summed E-state index contributed by atoms with van der Waals surface area (Å²) < 4.78 is 54.7. The molecule has 8 heteroatoms. The molecule has 0 aromatic heterocycles. The summed E-state index contributed by atoms with van der Waals surface area (Å²) in [6.07, 6.45) is 9.23. The summed E-state index contributed by atoms with van der Waals surface area (Å²) in [5.74, 6) is -4.00. The minimum Gasteiger partial charge on any atom is -0.314 e. The molecule has 2 aliphatic heterocycles. The lowest BCUT2D eigenvalue weighted by atomic mass is 9.74. The first-order chi connectivity index (χ1) is 20.2. The Hall–Kier alpha value is -2.30. The third kappa shape index (κ3) is 9.11. The van der Waals surface area contributed by atoms with Gasteiger partial charge in [-0.05, 0) is 92.7 Å². The second-order valence-corrected chi connectivity index (χ2v) is 13.1. The third-order valence-corrected chi connectivity index (χ3v) is 10.2. The smallest absolute Gasteiger partial charge is 0.248 e. The van der Waals surface area contributed by atoms with E-state index in [-0.39, 0.29) is 62.0 Å². The SMILES string of the molecule is Cl.FC1(F)CCCC(C2CC(c3ccccc3)CCN2)C1.N#CN1CCC(c2ccccc2)CC1C1CCCC(F)(F)C1. The molecule has 6 rings (SSSR count). The number of benzene rings is 2. The number of halogens is 5. The average molecular weight is 620 g/mol. The quantitative estimate of drug-likeness (QED) is 0.274. The van der Waals surface area contributed by atoms with Crippen LogP contribution in [0.1, 0.15) is 100 Å². The zero-order chi connectivity index (χ0) is 29.6. The van der Waals surface area contributed by atoms with Crippen LogP contribution in [0.5, 0.6) is 0 Å². The molecule has 0 bridgehead atoms. The molecule has 4 fully saturated rings. The van der Waals surface area contributed by atoms with Crippen molar-refractivity contribution in [1.29, 1.82) is 5.26 Å². The first-order valence-electron chi connectivity index (χ1n) is 16.0. The van der Waals surface area contributed by atoms with Gasteiger partial charge in [0.1, 0.15) is 0 Å². The molecule has 0 radical (unpaired) electrons. The lowest BCUT2D eigenvalue weighted by Crippen LogP contribution is -2.46. The van der Waals surface area contributed by atoms with Crippen LogP contribution in [-0.4, -0.2) is 41.9 Å². The number of piperidine rings is 2. The van der Waals surface area contributed by atoms with Crippen LogP contribution in [0.4, 0.5) is 17.6 Å². The molecule has 0 spiro atoms. The van der Waals surface area contributed by atoms with Gasteiger partial charge in [-0.3, -0.25) is 0 Å². The van der Waals surface area contributed by atoms with Crippen LogP contribution in [0.2, 0.25) is 0 Å². The fourth-order valence-electron chi connectivity index (χ4n) is 8.03. The van der Waals surface area contributed by atoms with E-state index in [1.54, 1.807) is 4.90 Å². The maximum atomic E-state index is 13.8. The van der Waals surface area contributed by atoms with Gasteiger partial charge < -0.3 is 10.2 Å². The number of rotatable bonds is 4. The van der Waals surface area contributed by atoms with E-state index in [1.165, 1.54) is 11.1 Å². The summed E-state index contributed by atoms with van der Waals surface area (Å²) in [7, 11) is 0. The van der Waals surface area contributed by atoms with Crippen LogP contribution in [0, 0.1) is 23.3 Å². The minimum absolute atomic E-state index is 0. The van der Waals surface area contributed by atoms with E-state index in [4.69, 9.17) is 0 Å². The normalized spacial score (nSPS) is 31.8. The fraction of sp³-hybridized carbons (Fsp3) is 0.629. The molecular weight excluding hydrogens is 574 g/mol. The van der Waals surface area contributed by atoms with Gasteiger partial charge in [0.2, 0.25) is 11.8 Å². The molecule has 2 saturated carbocycles. The Balaban J connectivity index is 0.000000193. The van der Waals surface area contributed by atoms with E-state index in [0.717, 1.165) is 45.1 Å². The fourth-order valence-corrected chi connectivity index (χ4v) is 8.03. The van der Waals surface area contributed by atoms with Crippen molar-refractivity contribution in [2.24, 2.45) is 11.8 Å². The van der Waals surface area contributed by atoms with Crippen molar-refractivity contribution >= 4 is 12.4 Å². The van der Waals surface area contributed by atoms with Gasteiger partial charge in [-0.15, -0.1) is 12.4 Å². The highest BCUT2D eigenvalue weighted by Gasteiger charge is 2.43. The van der Waals surface area contributed by atoms with Gasteiger partial charge in [-0.1, -0.05) is 60.7 Å². The monoisotopic (exact) mass is 619 g/mol. The highest BCUT2D eigenvalue weighted by atomic mass is 35.5. The number of nitrogens with one attached hydrogen (secondary N) is 1. The van der Waals surface area contributed by atoms with Gasteiger partial charge in [0.15, 0.2) is 6.19 Å². The summed E-state index contributed by atoms with van der Waals surface area (Å²) >= 11 is 0. The third-order valence-electron chi connectivity index (χ3n) is 10.2. The van der Waals surface area contributed by atoms with E-state index in [0.29, 0.717) is 31.2 Å². The summed E-state index contributed by atoms with van der Waals surface area (Å²) in [6.45, 7) is 1.63. The van der Waals surface area contributed by atoms with Crippen LogP contribution in [0.15, 0.2) is 60.7 Å². The van der Waals surface area contributed by atoms with E-state index < -0.39 is 11.8 Å². The molecule has 4 aliphatic rings. The summed E-state index contributed by atoms with van der Waals surface area (Å²) in [5, 5.41) is 12.9. The molecular formula is C35H46ClF4N3. The number of likely N-dealkylation sites (tertiary alicyclic amines) is 1. The molecule has 1 N–H and O–H groups in total. The van der Waals surface area contributed by atoms with Crippen molar-refractivity contribution in [3.8, 4) is 6.19 Å². The molecule has 6 unspecified atom stereocenters. The number of hydrogen-bond donors (Lipinski definition) is 1. The Morgan fingerprint density at radius 2 is 1.26 bits per heavy atom. The maximum Gasteiger partial charge on any atom is 0.248 e. The second-order valence-electron chi connectivity index (χ2n) is 13.1. The standard InChI is InChI=1S/C18H22F2N2.C17H23F2N.ClH/c19-18(20)9-4-7-16(12-18)17-11-15(8-10-22(17)13-21)14-5-2-1-3-6-14;18-17(19)9-4-7-15(12-17)16-11-14(8-10-20-16)13-5-2-1-3-6-13;/h1-3,5-6,15-17H,4,7-12H2;1-3,5-6,14-16,20H,4,7-12H2;1H. The predicted molar refractivity (Wildman–Crippen MR) is 166 cm³/mol. The molecule has 43 heavy (non-hydrogen) atoms. The van der Waals surface area contributed by atoms with Gasteiger partial charge in [-0.2, -0.15) is 5.26 Å². The van der Waals surface area contributed by atoms with Gasteiger partial charge in [0.25, 0.3) is 0 Å². The molecule has 6 atom stereocenters. The van der Waals surface area contributed by atoms with Gasteiger partial charge in [-0.25, -0.2) is 17.6 Å². The first kappa shape index (κ1) is 33.6. The minimum atomic E-state index is -2.55. The average Bonchev–Trinajstić information content (AvgIpc) is 3.01. The van der Waals surface area contributed by atoms with Crippen molar-refractivity contribution in [3.05, 3.63) is 71.8 Å². The van der Waals surface area contributed by atoms with Crippen molar-refractivity contribution < 1.29 is 17.6 Å². The van der Waals surface area contributed by atoms with Crippen molar-refractivity contribution in [1.82, 2.24) is 10.2 Å². The van der Waals surface area contributed by atoms with Crippen molar-refractivity contribution in [2.75, 3.05) is 13.1 Å². The summed E-state index contributed by atoms with van der Waals surface area (Å²) in [4.78, 5) is 1.76. The second kappa shape index (κ2) is 15.1. The Labute approximate surface area is 260 Å². The predicted octanol–water partition coefficient (Wildman–Crippen LogP) is 9.31. The number of nitrogens with zero attached hydrogens (tertiary/aromatic N) is 2. The van der Waals surface area contributed by atoms with Crippen molar-refractivity contribution in [2.45, 2.75) is 113 Å². The molecule has 2 heterocycles. The Kier molecular flexibility index (Phi) is 11.8. The Morgan fingerprint density at radius 3 is 1.81 bits per heavy atom. The molecule has 2 saturated heterocycles. The van der Waals surface area contributed by atoms with Crippen LogP contribution < -0.4 is 5.32 Å². The molecule has 2 aromatic carbocycles. The molecule has 2 aromatic rings. The zero-order valence-electron chi connectivity index (χ0n) is 25.0. The Morgan fingerprint density at radius 1 is 0.721 bits per heavy atom. The summed E-state index contributed by atoms with van der Waals surface area (Å²) in [5.41, 5.74) is 2.63. The Bertz CT molecular complexity index is 1160. The lowest BCUT2D eigenvalue weighted by Gasteiger charge is -2.43.